The number of ether oxygens (including phenoxy) is 1. The Balaban J connectivity index is 1.58. The van der Waals surface area contributed by atoms with Crippen LogP contribution in [0, 0.1) is 6.92 Å². The van der Waals surface area contributed by atoms with Gasteiger partial charge in [0.1, 0.15) is 5.75 Å². The standard InChI is InChI=1S/C22H26N2O3/c1-3-16-27-19-10-8-18(9-11-19)21(25)23-12-14-24(15-13-23)22(26)20-7-5-4-6-17(20)2/h4-11H,3,12-16H2,1-2H3. The van der Waals surface area contributed by atoms with Crippen LogP contribution in [-0.4, -0.2) is 54.4 Å². The molecule has 2 aromatic rings. The van der Waals surface area contributed by atoms with Crippen molar-refractivity contribution in [1.82, 2.24) is 9.80 Å². The molecule has 142 valence electrons. The summed E-state index contributed by atoms with van der Waals surface area (Å²) in [6.07, 6.45) is 0.951. The van der Waals surface area contributed by atoms with Crippen LogP contribution in [0.15, 0.2) is 48.5 Å². The van der Waals surface area contributed by atoms with Crippen molar-refractivity contribution in [2.75, 3.05) is 32.8 Å². The van der Waals surface area contributed by atoms with Crippen LogP contribution in [0.3, 0.4) is 0 Å². The molecule has 2 amide bonds. The summed E-state index contributed by atoms with van der Waals surface area (Å²) in [5.41, 5.74) is 2.36. The van der Waals surface area contributed by atoms with E-state index in [4.69, 9.17) is 4.74 Å². The molecule has 5 nitrogen and oxygen atoms in total. The van der Waals surface area contributed by atoms with Gasteiger partial charge in [0.15, 0.2) is 0 Å². The number of carbonyl (C=O) groups is 2. The predicted octanol–water partition coefficient (Wildman–Crippen LogP) is 3.38. The third kappa shape index (κ3) is 4.48. The Morgan fingerprint density at radius 3 is 2.07 bits per heavy atom. The Hall–Kier alpha value is -2.82. The van der Waals surface area contributed by atoms with E-state index in [2.05, 4.69) is 6.92 Å². The molecule has 1 fully saturated rings. The van der Waals surface area contributed by atoms with E-state index in [0.29, 0.717) is 38.3 Å². The number of hydrogen-bond acceptors (Lipinski definition) is 3. The van der Waals surface area contributed by atoms with Crippen LogP contribution >= 0.6 is 0 Å². The fourth-order valence-corrected chi connectivity index (χ4v) is 3.19. The Kier molecular flexibility index (Phi) is 6.12. The van der Waals surface area contributed by atoms with E-state index in [1.807, 2.05) is 53.1 Å². The van der Waals surface area contributed by atoms with Gasteiger partial charge in [0, 0.05) is 37.3 Å². The average molecular weight is 366 g/mol. The first-order valence-electron chi connectivity index (χ1n) is 9.47. The second-order valence-corrected chi connectivity index (χ2v) is 6.77. The summed E-state index contributed by atoms with van der Waals surface area (Å²) in [5.74, 6) is 0.819. The fourth-order valence-electron chi connectivity index (χ4n) is 3.19. The van der Waals surface area contributed by atoms with Crippen LogP contribution in [0.4, 0.5) is 0 Å². The van der Waals surface area contributed by atoms with Crippen molar-refractivity contribution in [2.45, 2.75) is 20.3 Å². The molecule has 0 saturated carbocycles. The Morgan fingerprint density at radius 2 is 1.48 bits per heavy atom. The van der Waals surface area contributed by atoms with E-state index in [1.54, 1.807) is 12.1 Å². The van der Waals surface area contributed by atoms with Gasteiger partial charge >= 0.3 is 0 Å². The number of benzene rings is 2. The van der Waals surface area contributed by atoms with Crippen LogP contribution in [0.2, 0.25) is 0 Å². The SMILES string of the molecule is CCCOc1ccc(C(=O)N2CCN(C(=O)c3ccccc3C)CC2)cc1. The maximum Gasteiger partial charge on any atom is 0.254 e. The monoisotopic (exact) mass is 366 g/mol. The van der Waals surface area contributed by atoms with Crippen molar-refractivity contribution in [1.29, 1.82) is 0 Å². The molecule has 0 aliphatic carbocycles. The molecular formula is C22H26N2O3. The smallest absolute Gasteiger partial charge is 0.254 e. The molecule has 1 saturated heterocycles. The highest BCUT2D eigenvalue weighted by Crippen LogP contribution is 2.17. The zero-order valence-electron chi connectivity index (χ0n) is 16.0. The van der Waals surface area contributed by atoms with E-state index in [1.165, 1.54) is 0 Å². The Bertz CT molecular complexity index is 793. The van der Waals surface area contributed by atoms with Crippen LogP contribution in [0.1, 0.15) is 39.6 Å². The van der Waals surface area contributed by atoms with Gasteiger partial charge in [-0.2, -0.15) is 0 Å². The van der Waals surface area contributed by atoms with Crippen LogP contribution in [0.5, 0.6) is 5.75 Å². The lowest BCUT2D eigenvalue weighted by molar-refractivity contribution is 0.0535. The van der Waals surface area contributed by atoms with Gasteiger partial charge in [-0.15, -0.1) is 0 Å². The summed E-state index contributed by atoms with van der Waals surface area (Å²) in [7, 11) is 0. The summed E-state index contributed by atoms with van der Waals surface area (Å²) < 4.78 is 5.56. The number of aryl methyl sites for hydroxylation is 1. The van der Waals surface area contributed by atoms with Crippen molar-refractivity contribution in [3.05, 3.63) is 65.2 Å². The number of nitrogens with zero attached hydrogens (tertiary/aromatic N) is 2. The van der Waals surface area contributed by atoms with Gasteiger partial charge in [-0.25, -0.2) is 0 Å². The summed E-state index contributed by atoms with van der Waals surface area (Å²) >= 11 is 0. The van der Waals surface area contributed by atoms with Gasteiger partial charge < -0.3 is 14.5 Å². The van der Waals surface area contributed by atoms with Crippen LogP contribution < -0.4 is 4.74 Å². The first kappa shape index (κ1) is 19.0. The summed E-state index contributed by atoms with van der Waals surface area (Å²) in [5, 5.41) is 0. The van der Waals surface area contributed by atoms with E-state index < -0.39 is 0 Å². The van der Waals surface area contributed by atoms with Crippen molar-refractivity contribution in [3.8, 4) is 5.75 Å². The highest BCUT2D eigenvalue weighted by atomic mass is 16.5. The number of rotatable bonds is 5. The van der Waals surface area contributed by atoms with E-state index in [9.17, 15) is 9.59 Å². The Labute approximate surface area is 160 Å². The van der Waals surface area contributed by atoms with Gasteiger partial charge in [0.05, 0.1) is 6.61 Å². The molecule has 0 aromatic heterocycles. The minimum absolute atomic E-state index is 0.0000298. The number of piperazine rings is 1. The minimum Gasteiger partial charge on any atom is -0.494 e. The lowest BCUT2D eigenvalue weighted by atomic mass is 10.1. The highest BCUT2D eigenvalue weighted by molar-refractivity contribution is 5.96. The quantitative estimate of drug-likeness (QED) is 0.815. The second kappa shape index (κ2) is 8.71. The third-order valence-corrected chi connectivity index (χ3v) is 4.80. The van der Waals surface area contributed by atoms with Crippen molar-refractivity contribution >= 4 is 11.8 Å². The largest absolute Gasteiger partial charge is 0.494 e. The molecule has 2 aromatic carbocycles. The van der Waals surface area contributed by atoms with E-state index in [-0.39, 0.29) is 11.8 Å². The van der Waals surface area contributed by atoms with Gasteiger partial charge in [0.2, 0.25) is 0 Å². The Morgan fingerprint density at radius 1 is 0.889 bits per heavy atom. The molecule has 0 atom stereocenters. The molecule has 0 radical (unpaired) electrons. The minimum atomic E-state index is 0.0000298. The maximum atomic E-state index is 12.7. The average Bonchev–Trinajstić information content (AvgIpc) is 2.72. The molecule has 3 rings (SSSR count). The van der Waals surface area contributed by atoms with Gasteiger partial charge in [-0.3, -0.25) is 9.59 Å². The molecule has 0 bridgehead atoms. The summed E-state index contributed by atoms with van der Waals surface area (Å²) in [6, 6.07) is 14.9. The molecule has 1 aliphatic heterocycles. The predicted molar refractivity (Wildman–Crippen MR) is 105 cm³/mol. The maximum absolute atomic E-state index is 12.7. The lowest BCUT2D eigenvalue weighted by Gasteiger charge is -2.35. The number of amides is 2. The third-order valence-electron chi connectivity index (χ3n) is 4.80. The normalized spacial score (nSPS) is 14.1. The van der Waals surface area contributed by atoms with Crippen molar-refractivity contribution in [3.63, 3.8) is 0 Å². The number of carbonyl (C=O) groups excluding carboxylic acids is 2. The first-order chi connectivity index (χ1) is 13.1. The number of hydrogen-bond donors (Lipinski definition) is 0. The molecule has 5 heteroatoms. The molecule has 27 heavy (non-hydrogen) atoms. The topological polar surface area (TPSA) is 49.9 Å². The van der Waals surface area contributed by atoms with Gasteiger partial charge in [0.25, 0.3) is 11.8 Å². The van der Waals surface area contributed by atoms with Gasteiger partial charge in [-0.05, 0) is 49.2 Å². The molecule has 1 heterocycles. The highest BCUT2D eigenvalue weighted by Gasteiger charge is 2.26. The molecular weight excluding hydrogens is 340 g/mol. The fraction of sp³-hybridized carbons (Fsp3) is 0.364. The summed E-state index contributed by atoms with van der Waals surface area (Å²) in [6.45, 7) is 6.87. The van der Waals surface area contributed by atoms with E-state index in [0.717, 1.165) is 23.3 Å². The van der Waals surface area contributed by atoms with Crippen LogP contribution in [-0.2, 0) is 0 Å². The molecule has 0 N–H and O–H groups in total. The molecule has 0 unspecified atom stereocenters. The van der Waals surface area contributed by atoms with Gasteiger partial charge in [-0.1, -0.05) is 25.1 Å². The lowest BCUT2D eigenvalue weighted by Crippen LogP contribution is -2.50. The summed E-state index contributed by atoms with van der Waals surface area (Å²) in [4.78, 5) is 29.0. The zero-order chi connectivity index (χ0) is 19.2. The van der Waals surface area contributed by atoms with E-state index >= 15 is 0 Å². The first-order valence-corrected chi connectivity index (χ1v) is 9.47. The second-order valence-electron chi connectivity index (χ2n) is 6.77. The van der Waals surface area contributed by atoms with Crippen LogP contribution in [0.25, 0.3) is 0 Å². The zero-order valence-corrected chi connectivity index (χ0v) is 16.0. The van der Waals surface area contributed by atoms with Crippen molar-refractivity contribution in [2.24, 2.45) is 0 Å². The molecule has 0 spiro atoms. The molecule has 1 aliphatic rings. The van der Waals surface area contributed by atoms with Crippen molar-refractivity contribution < 1.29 is 14.3 Å².